The molecule has 1 N–H and O–H groups in total. The highest BCUT2D eigenvalue weighted by Gasteiger charge is 2.30. The largest absolute Gasteiger partial charge is 0.346 e. The van der Waals surface area contributed by atoms with Crippen LogP contribution in [0.15, 0.2) is 17.2 Å². The van der Waals surface area contributed by atoms with Crippen LogP contribution in [0.2, 0.25) is 0 Å². The lowest BCUT2D eigenvalue weighted by Crippen LogP contribution is -2.34. The zero-order valence-corrected chi connectivity index (χ0v) is 14.5. The molecule has 1 aromatic heterocycles. The summed E-state index contributed by atoms with van der Waals surface area (Å²) in [7, 11) is 0.125. The van der Waals surface area contributed by atoms with Gasteiger partial charge >= 0.3 is 0 Å². The van der Waals surface area contributed by atoms with Gasteiger partial charge in [-0.2, -0.15) is 0 Å². The van der Waals surface area contributed by atoms with Crippen LogP contribution < -0.4 is 5.32 Å². The molecule has 5 nitrogen and oxygen atoms in total. The Morgan fingerprint density at radius 2 is 2.00 bits per heavy atom. The molecule has 0 unspecified atom stereocenters. The van der Waals surface area contributed by atoms with Gasteiger partial charge in [-0.05, 0) is 31.4 Å². The van der Waals surface area contributed by atoms with Crippen LogP contribution in [0.4, 0.5) is 0 Å². The average molecular weight is 313 g/mol. The molecule has 0 amide bonds. The fourth-order valence-corrected chi connectivity index (χ4v) is 4.03. The van der Waals surface area contributed by atoms with E-state index < -0.39 is 10.0 Å². The van der Waals surface area contributed by atoms with Crippen molar-refractivity contribution in [1.29, 1.82) is 0 Å². The third-order valence-corrected chi connectivity index (χ3v) is 5.38. The Kier molecular flexibility index (Phi) is 4.52. The van der Waals surface area contributed by atoms with E-state index in [1.54, 1.807) is 13.2 Å². The first-order chi connectivity index (χ1) is 9.65. The summed E-state index contributed by atoms with van der Waals surface area (Å²) in [4.78, 5) is 0.409. The smallest absolute Gasteiger partial charge is 0.244 e. The molecule has 1 aliphatic carbocycles. The Balaban J connectivity index is 2.29. The van der Waals surface area contributed by atoms with Crippen molar-refractivity contribution in [3.63, 3.8) is 0 Å². The van der Waals surface area contributed by atoms with Gasteiger partial charge in [-0.15, -0.1) is 0 Å². The lowest BCUT2D eigenvalue weighted by molar-refractivity contribution is 0.311. The molecule has 1 aromatic rings. The highest BCUT2D eigenvalue weighted by atomic mass is 32.2. The van der Waals surface area contributed by atoms with Crippen LogP contribution in [0.1, 0.15) is 45.3 Å². The van der Waals surface area contributed by atoms with E-state index in [2.05, 4.69) is 9.88 Å². The van der Waals surface area contributed by atoms with Gasteiger partial charge < -0.3 is 9.88 Å². The molecule has 2 rings (SSSR count). The zero-order valence-electron chi connectivity index (χ0n) is 13.7. The molecule has 0 saturated heterocycles. The van der Waals surface area contributed by atoms with Crippen molar-refractivity contribution >= 4 is 10.0 Å². The van der Waals surface area contributed by atoms with Crippen molar-refractivity contribution in [2.45, 2.75) is 51.1 Å². The van der Waals surface area contributed by atoms with Gasteiger partial charge in [-0.25, -0.2) is 12.7 Å². The Morgan fingerprint density at radius 1 is 1.38 bits per heavy atom. The van der Waals surface area contributed by atoms with Crippen molar-refractivity contribution in [3.05, 3.63) is 18.0 Å². The van der Waals surface area contributed by atoms with Gasteiger partial charge in [0, 0.05) is 38.1 Å². The average Bonchev–Trinajstić information content (AvgIpc) is 3.09. The molecule has 0 bridgehead atoms. The molecule has 0 atom stereocenters. The third kappa shape index (κ3) is 3.87. The second-order valence-electron chi connectivity index (χ2n) is 7.16. The summed E-state index contributed by atoms with van der Waals surface area (Å²) in [5.41, 5.74) is 0.983. The van der Waals surface area contributed by atoms with Crippen molar-refractivity contribution in [3.8, 4) is 0 Å². The maximum absolute atomic E-state index is 12.7. The van der Waals surface area contributed by atoms with Gasteiger partial charge in [-0.1, -0.05) is 20.8 Å². The second kappa shape index (κ2) is 5.74. The molecule has 1 heterocycles. The minimum Gasteiger partial charge on any atom is -0.346 e. The number of rotatable bonds is 6. The molecule has 1 fully saturated rings. The van der Waals surface area contributed by atoms with E-state index >= 15 is 0 Å². The Hall–Kier alpha value is -0.850. The number of hydrogen-bond acceptors (Lipinski definition) is 3. The fraction of sp³-hybridized carbons (Fsp3) is 0.733. The van der Waals surface area contributed by atoms with Crippen LogP contribution >= 0.6 is 0 Å². The predicted molar refractivity (Wildman–Crippen MR) is 84.7 cm³/mol. The van der Waals surface area contributed by atoms with Crippen LogP contribution in [0, 0.1) is 5.41 Å². The highest BCUT2D eigenvalue weighted by molar-refractivity contribution is 7.89. The van der Waals surface area contributed by atoms with Crippen molar-refractivity contribution < 1.29 is 8.42 Å². The number of hydrogen-bond donors (Lipinski definition) is 1. The summed E-state index contributed by atoms with van der Waals surface area (Å²) >= 11 is 0. The SMILES string of the molecule is CNCc1cc(S(=O)(=O)N(C)CC(C)(C)C)cn1C1CC1. The van der Waals surface area contributed by atoms with Crippen LogP contribution in [0.5, 0.6) is 0 Å². The quantitative estimate of drug-likeness (QED) is 0.876. The van der Waals surface area contributed by atoms with Gasteiger partial charge in [0.05, 0.1) is 0 Å². The Bertz CT molecular complexity index is 595. The second-order valence-corrected chi connectivity index (χ2v) is 9.20. The Morgan fingerprint density at radius 3 is 2.48 bits per heavy atom. The summed E-state index contributed by atoms with van der Waals surface area (Å²) in [6, 6.07) is 2.29. The van der Waals surface area contributed by atoms with Gasteiger partial charge in [0.25, 0.3) is 0 Å². The monoisotopic (exact) mass is 313 g/mol. The van der Waals surface area contributed by atoms with E-state index in [0.29, 0.717) is 24.0 Å². The number of aromatic nitrogens is 1. The van der Waals surface area contributed by atoms with E-state index in [0.717, 1.165) is 18.5 Å². The fourth-order valence-electron chi connectivity index (χ4n) is 2.59. The summed E-state index contributed by atoms with van der Waals surface area (Å²) in [6.45, 7) is 7.32. The van der Waals surface area contributed by atoms with Crippen molar-refractivity contribution in [2.24, 2.45) is 5.41 Å². The molecule has 6 heteroatoms. The molecular weight excluding hydrogens is 286 g/mol. The topological polar surface area (TPSA) is 54.3 Å². The lowest BCUT2D eigenvalue weighted by atomic mass is 9.97. The molecule has 0 aromatic carbocycles. The van der Waals surface area contributed by atoms with E-state index in [1.807, 2.05) is 33.9 Å². The van der Waals surface area contributed by atoms with Gasteiger partial charge in [0.2, 0.25) is 10.0 Å². The summed E-state index contributed by atoms with van der Waals surface area (Å²) in [5, 5.41) is 3.11. The molecule has 1 aliphatic rings. The number of sulfonamides is 1. The normalized spacial score (nSPS) is 16.7. The molecule has 0 radical (unpaired) electrons. The van der Waals surface area contributed by atoms with Crippen LogP contribution in [-0.2, 0) is 16.6 Å². The van der Waals surface area contributed by atoms with Gasteiger partial charge in [0.15, 0.2) is 0 Å². The molecule has 0 aliphatic heterocycles. The standard InChI is InChI=1S/C15H27N3O2S/c1-15(2,3)11-17(5)21(19,20)14-8-13(9-16-4)18(10-14)12-6-7-12/h8,10,12,16H,6-7,9,11H2,1-5H3. The first-order valence-corrected chi connectivity index (χ1v) is 8.91. The van der Waals surface area contributed by atoms with E-state index in [9.17, 15) is 8.42 Å². The van der Waals surface area contributed by atoms with Gasteiger partial charge in [0.1, 0.15) is 4.90 Å². The predicted octanol–water partition coefficient (Wildman–Crippen LogP) is 2.21. The lowest BCUT2D eigenvalue weighted by Gasteiger charge is -2.25. The van der Waals surface area contributed by atoms with E-state index in [1.165, 1.54) is 4.31 Å². The van der Waals surface area contributed by atoms with Crippen LogP contribution in [0.25, 0.3) is 0 Å². The molecular formula is C15H27N3O2S. The first kappa shape index (κ1) is 16.5. The molecule has 0 spiro atoms. The van der Waals surface area contributed by atoms with Gasteiger partial charge in [-0.3, -0.25) is 0 Å². The summed E-state index contributed by atoms with van der Waals surface area (Å²) < 4.78 is 29.0. The van der Waals surface area contributed by atoms with Crippen LogP contribution in [-0.4, -0.2) is 37.9 Å². The third-order valence-electron chi connectivity index (χ3n) is 3.61. The van der Waals surface area contributed by atoms with Crippen molar-refractivity contribution in [1.82, 2.24) is 14.2 Å². The van der Waals surface area contributed by atoms with E-state index in [-0.39, 0.29) is 5.41 Å². The van der Waals surface area contributed by atoms with E-state index in [4.69, 9.17) is 0 Å². The summed E-state index contributed by atoms with van der Waals surface area (Å²) in [6.07, 6.45) is 4.09. The maximum atomic E-state index is 12.7. The van der Waals surface area contributed by atoms with Crippen LogP contribution in [0.3, 0.4) is 0 Å². The minimum atomic E-state index is -3.41. The first-order valence-electron chi connectivity index (χ1n) is 7.47. The number of nitrogens with zero attached hydrogens (tertiary/aromatic N) is 2. The molecule has 1 saturated carbocycles. The maximum Gasteiger partial charge on any atom is 0.244 e. The highest BCUT2D eigenvalue weighted by Crippen LogP contribution is 2.37. The molecule has 21 heavy (non-hydrogen) atoms. The summed E-state index contributed by atoms with van der Waals surface area (Å²) in [5.74, 6) is 0. The Labute approximate surface area is 128 Å². The minimum absolute atomic E-state index is 0.0608. The zero-order chi connectivity index (χ0) is 15.8. The molecule has 120 valence electrons. The van der Waals surface area contributed by atoms with Crippen molar-refractivity contribution in [2.75, 3.05) is 20.6 Å². The number of nitrogens with one attached hydrogen (secondary N) is 1.